The molecule has 2 atom stereocenters. The van der Waals surface area contributed by atoms with Crippen LogP contribution in [0.25, 0.3) is 0 Å². The third kappa shape index (κ3) is 24.0. The van der Waals surface area contributed by atoms with Crippen molar-refractivity contribution in [3.05, 3.63) is 24.3 Å². The molecule has 8 nitrogen and oxygen atoms in total. The third-order valence-electron chi connectivity index (χ3n) is 5.43. The molecule has 0 radical (unpaired) electrons. The molecule has 0 aromatic carbocycles. The number of aliphatic carboxylic acids is 1. The highest BCUT2D eigenvalue weighted by atomic mass is 16.7. The minimum absolute atomic E-state index is 0.167. The number of allylic oxidation sites excluding steroid dienone is 4. The summed E-state index contributed by atoms with van der Waals surface area (Å²) in [7, 11) is 5.85. The number of ether oxygens (including phenoxy) is 3. The number of rotatable bonds is 24. The van der Waals surface area contributed by atoms with Crippen LogP contribution >= 0.6 is 0 Å². The molecule has 0 amide bonds. The van der Waals surface area contributed by atoms with Gasteiger partial charge in [-0.2, -0.15) is 0 Å². The van der Waals surface area contributed by atoms with Crippen molar-refractivity contribution in [2.75, 3.05) is 47.5 Å². The third-order valence-corrected chi connectivity index (χ3v) is 5.43. The van der Waals surface area contributed by atoms with Gasteiger partial charge in [0.05, 0.1) is 40.3 Å². The van der Waals surface area contributed by atoms with Gasteiger partial charge in [0.2, 0.25) is 0 Å². The number of carbonyl (C=O) groups excluding carboxylic acids is 2. The van der Waals surface area contributed by atoms with Gasteiger partial charge in [-0.3, -0.25) is 4.79 Å². The molecule has 8 heteroatoms. The number of aliphatic hydroxyl groups excluding tert-OH is 1. The molecule has 0 aliphatic heterocycles. The quantitative estimate of drug-likeness (QED) is 0.0692. The van der Waals surface area contributed by atoms with Crippen molar-refractivity contribution in [3.8, 4) is 0 Å². The normalized spacial score (nSPS) is 13.9. The number of aliphatic hydroxyl groups is 1. The Balaban J connectivity index is 3.71. The minimum Gasteiger partial charge on any atom is -0.545 e. The highest BCUT2D eigenvalue weighted by Gasteiger charge is 2.17. The summed E-state index contributed by atoms with van der Waals surface area (Å²) >= 11 is 0. The molecular formula is C28H51NO7. The van der Waals surface area contributed by atoms with E-state index in [4.69, 9.17) is 14.2 Å². The van der Waals surface area contributed by atoms with E-state index >= 15 is 0 Å². The van der Waals surface area contributed by atoms with E-state index in [-0.39, 0.29) is 25.8 Å². The summed E-state index contributed by atoms with van der Waals surface area (Å²) in [5.74, 6) is -1.89. The van der Waals surface area contributed by atoms with E-state index in [1.807, 2.05) is 21.1 Å². The van der Waals surface area contributed by atoms with Gasteiger partial charge in [0, 0.05) is 6.42 Å². The molecule has 0 aromatic rings. The van der Waals surface area contributed by atoms with Crippen LogP contribution in [0.4, 0.5) is 0 Å². The fourth-order valence-electron chi connectivity index (χ4n) is 3.21. The van der Waals surface area contributed by atoms with Gasteiger partial charge < -0.3 is 33.7 Å². The van der Waals surface area contributed by atoms with Crippen LogP contribution in [0.3, 0.4) is 0 Å². The highest BCUT2D eigenvalue weighted by molar-refractivity contribution is 5.69. The summed E-state index contributed by atoms with van der Waals surface area (Å²) in [4.78, 5) is 23.0. The first-order valence-electron chi connectivity index (χ1n) is 13.5. The van der Waals surface area contributed by atoms with Crippen molar-refractivity contribution in [1.29, 1.82) is 0 Å². The average Bonchev–Trinajstić information content (AvgIpc) is 2.81. The maximum atomic E-state index is 11.8. The number of likely N-dealkylation sites (N-methyl/N-ethyl adjacent to an activating group) is 1. The topological polar surface area (TPSA) is 105 Å². The lowest BCUT2D eigenvalue weighted by molar-refractivity contribution is -0.870. The molecule has 0 saturated heterocycles. The van der Waals surface area contributed by atoms with Gasteiger partial charge in [-0.15, -0.1) is 0 Å². The molecule has 0 aliphatic rings. The Morgan fingerprint density at radius 3 is 2.08 bits per heavy atom. The second-order valence-electron chi connectivity index (χ2n) is 10.2. The molecule has 1 N–H and O–H groups in total. The summed E-state index contributed by atoms with van der Waals surface area (Å²) in [6.45, 7) is 2.39. The molecule has 0 rings (SSSR count). The zero-order valence-electron chi connectivity index (χ0n) is 23.1. The fraction of sp³-hybridized carbons (Fsp3) is 0.786. The summed E-state index contributed by atoms with van der Waals surface area (Å²) in [5.41, 5.74) is 0. The average molecular weight is 514 g/mol. The van der Waals surface area contributed by atoms with Crippen molar-refractivity contribution >= 4 is 11.9 Å². The van der Waals surface area contributed by atoms with E-state index in [0.29, 0.717) is 17.4 Å². The Morgan fingerprint density at radius 1 is 0.861 bits per heavy atom. The molecule has 0 fully saturated rings. The number of carbonyl (C=O) groups is 2. The van der Waals surface area contributed by atoms with E-state index in [0.717, 1.165) is 44.9 Å². The van der Waals surface area contributed by atoms with Crippen molar-refractivity contribution in [3.63, 3.8) is 0 Å². The number of unbranched alkanes of at least 4 members (excludes halogenated alkanes) is 8. The van der Waals surface area contributed by atoms with Gasteiger partial charge in [-0.25, -0.2) is 0 Å². The van der Waals surface area contributed by atoms with Crippen LogP contribution in [0.15, 0.2) is 24.3 Å². The Morgan fingerprint density at radius 2 is 1.47 bits per heavy atom. The number of carboxylic acids is 1. The zero-order valence-corrected chi connectivity index (χ0v) is 23.1. The monoisotopic (exact) mass is 513 g/mol. The predicted octanol–water partition coefficient (Wildman–Crippen LogP) is 3.52. The first-order chi connectivity index (χ1) is 17.2. The summed E-state index contributed by atoms with van der Waals surface area (Å²) in [6.07, 6.45) is 18.8. The number of carboxylic acid groups (broad SMARTS) is 1. The van der Waals surface area contributed by atoms with Crippen LogP contribution in [0.2, 0.25) is 0 Å². The number of esters is 1. The SMILES string of the molecule is CCCCC/C=C\C/C=C\CCCCCCCC(=O)OCC(O)COC(OCC[N+](C)(C)C)C(=O)[O-]. The van der Waals surface area contributed by atoms with Crippen LogP contribution < -0.4 is 5.11 Å². The maximum Gasteiger partial charge on any atom is 0.305 e. The lowest BCUT2D eigenvalue weighted by Gasteiger charge is -2.26. The largest absolute Gasteiger partial charge is 0.545 e. The van der Waals surface area contributed by atoms with Crippen LogP contribution in [0.5, 0.6) is 0 Å². The van der Waals surface area contributed by atoms with E-state index < -0.39 is 18.4 Å². The standard InChI is InChI=1S/C28H51NO7/c1-5-6-7-8-9-10-11-12-13-14-15-16-17-18-19-20-26(31)35-23-25(30)24-36-28(27(32)33)34-22-21-29(2,3)4/h9-10,12-13,25,28,30H,5-8,11,14-24H2,1-4H3/b10-9-,13-12-. The fourth-order valence-corrected chi connectivity index (χ4v) is 3.21. The summed E-state index contributed by atoms with van der Waals surface area (Å²) in [5, 5.41) is 21.0. The molecule has 36 heavy (non-hydrogen) atoms. The molecule has 0 aliphatic carbocycles. The Labute approximate surface area is 218 Å². The van der Waals surface area contributed by atoms with Gasteiger partial charge in [0.1, 0.15) is 19.3 Å². The van der Waals surface area contributed by atoms with Crippen molar-refractivity contribution in [2.45, 2.75) is 96.4 Å². The second kappa shape index (κ2) is 22.5. The molecule has 0 saturated carbocycles. The van der Waals surface area contributed by atoms with Crippen LogP contribution in [-0.4, -0.2) is 81.4 Å². The zero-order chi connectivity index (χ0) is 27.1. The van der Waals surface area contributed by atoms with E-state index in [2.05, 4.69) is 31.2 Å². The Hall–Kier alpha value is -1.74. The molecule has 0 aromatic heterocycles. The summed E-state index contributed by atoms with van der Waals surface area (Å²) < 4.78 is 15.9. The molecule has 0 spiro atoms. The number of nitrogens with zero attached hydrogens (tertiary/aromatic N) is 1. The highest BCUT2D eigenvalue weighted by Crippen LogP contribution is 2.09. The Bertz CT molecular complexity index is 614. The van der Waals surface area contributed by atoms with Gasteiger partial charge in [0.15, 0.2) is 6.29 Å². The van der Waals surface area contributed by atoms with Gasteiger partial charge >= 0.3 is 5.97 Å². The van der Waals surface area contributed by atoms with Crippen LogP contribution in [0, 0.1) is 0 Å². The predicted molar refractivity (Wildman–Crippen MR) is 140 cm³/mol. The lowest BCUT2D eigenvalue weighted by Crippen LogP contribution is -2.44. The van der Waals surface area contributed by atoms with Crippen LogP contribution in [0.1, 0.15) is 84.0 Å². The van der Waals surface area contributed by atoms with Crippen molar-refractivity contribution < 1.29 is 38.5 Å². The number of hydrogen-bond donors (Lipinski definition) is 1. The van der Waals surface area contributed by atoms with E-state index in [9.17, 15) is 19.8 Å². The van der Waals surface area contributed by atoms with Gasteiger partial charge in [-0.1, -0.05) is 63.3 Å². The maximum absolute atomic E-state index is 11.8. The van der Waals surface area contributed by atoms with Crippen molar-refractivity contribution in [1.82, 2.24) is 0 Å². The van der Waals surface area contributed by atoms with Gasteiger partial charge in [0.25, 0.3) is 0 Å². The molecule has 0 bridgehead atoms. The smallest absolute Gasteiger partial charge is 0.305 e. The lowest BCUT2D eigenvalue weighted by atomic mass is 10.1. The van der Waals surface area contributed by atoms with E-state index in [1.54, 1.807) is 0 Å². The molecule has 2 unspecified atom stereocenters. The van der Waals surface area contributed by atoms with Crippen LogP contribution in [-0.2, 0) is 23.8 Å². The number of hydrogen-bond acceptors (Lipinski definition) is 7. The first-order valence-corrected chi connectivity index (χ1v) is 13.5. The molecule has 210 valence electrons. The molecule has 0 heterocycles. The first kappa shape index (κ1) is 34.3. The number of quaternary nitrogens is 1. The minimum atomic E-state index is -1.57. The van der Waals surface area contributed by atoms with Gasteiger partial charge in [-0.05, 0) is 38.5 Å². The second-order valence-corrected chi connectivity index (χ2v) is 10.2. The summed E-state index contributed by atoms with van der Waals surface area (Å²) in [6, 6.07) is 0. The Kier molecular flexibility index (Phi) is 21.4. The van der Waals surface area contributed by atoms with E-state index in [1.165, 1.54) is 25.7 Å². The van der Waals surface area contributed by atoms with Crippen molar-refractivity contribution in [2.24, 2.45) is 0 Å². The molecular weight excluding hydrogens is 462 g/mol.